The normalized spacial score (nSPS) is 17.3. The minimum Gasteiger partial charge on any atom is -0.508 e. The van der Waals surface area contributed by atoms with Crippen LogP contribution in [0.3, 0.4) is 0 Å². The Kier molecular flexibility index (Phi) is 4.51. The molecule has 17 heavy (non-hydrogen) atoms. The van der Waals surface area contributed by atoms with Crippen LogP contribution in [0.5, 0.6) is 5.75 Å². The first-order valence-corrected chi connectivity index (χ1v) is 6.52. The predicted octanol–water partition coefficient (Wildman–Crippen LogP) is 2.15. The second-order valence-electron chi connectivity index (χ2n) is 4.24. The third-order valence-electron chi connectivity index (χ3n) is 3.03. The SMILES string of the molecule is Oc1cc(Cl)c(Cl)cc1CCN1CCNCC1. The van der Waals surface area contributed by atoms with Gasteiger partial charge >= 0.3 is 0 Å². The Bertz CT molecular complexity index is 392. The zero-order valence-corrected chi connectivity index (χ0v) is 11.1. The number of hydrogen-bond acceptors (Lipinski definition) is 3. The number of piperazine rings is 1. The number of phenolic OH excluding ortho intramolecular Hbond substituents is 1. The average Bonchev–Trinajstić information content (AvgIpc) is 2.33. The average molecular weight is 275 g/mol. The highest BCUT2D eigenvalue weighted by Crippen LogP contribution is 2.30. The van der Waals surface area contributed by atoms with Gasteiger partial charge in [-0.15, -0.1) is 0 Å². The van der Waals surface area contributed by atoms with Gasteiger partial charge in [0.15, 0.2) is 0 Å². The summed E-state index contributed by atoms with van der Waals surface area (Å²) in [6.45, 7) is 5.12. The van der Waals surface area contributed by atoms with Crippen LogP contribution in [-0.2, 0) is 6.42 Å². The number of benzene rings is 1. The van der Waals surface area contributed by atoms with Crippen molar-refractivity contribution in [2.24, 2.45) is 0 Å². The van der Waals surface area contributed by atoms with Crippen LogP contribution in [0.2, 0.25) is 10.0 Å². The van der Waals surface area contributed by atoms with E-state index in [2.05, 4.69) is 10.2 Å². The van der Waals surface area contributed by atoms with Crippen molar-refractivity contribution >= 4 is 23.2 Å². The molecule has 0 aliphatic carbocycles. The quantitative estimate of drug-likeness (QED) is 0.887. The lowest BCUT2D eigenvalue weighted by atomic mass is 10.1. The molecule has 0 spiro atoms. The molecule has 0 saturated carbocycles. The first kappa shape index (κ1) is 13.0. The summed E-state index contributed by atoms with van der Waals surface area (Å²) in [5, 5.41) is 14.0. The summed E-state index contributed by atoms with van der Waals surface area (Å²) in [5.74, 6) is 0.231. The van der Waals surface area contributed by atoms with Gasteiger partial charge in [-0.25, -0.2) is 0 Å². The van der Waals surface area contributed by atoms with Crippen molar-refractivity contribution in [3.63, 3.8) is 0 Å². The van der Waals surface area contributed by atoms with Crippen LogP contribution in [0.25, 0.3) is 0 Å². The molecule has 0 amide bonds. The minimum atomic E-state index is 0.231. The third kappa shape index (κ3) is 3.49. The van der Waals surface area contributed by atoms with Crippen LogP contribution < -0.4 is 5.32 Å². The van der Waals surface area contributed by atoms with Gasteiger partial charge in [0.2, 0.25) is 0 Å². The zero-order chi connectivity index (χ0) is 12.3. The summed E-state index contributed by atoms with van der Waals surface area (Å²) in [6, 6.07) is 3.26. The van der Waals surface area contributed by atoms with Crippen LogP contribution in [-0.4, -0.2) is 42.7 Å². The van der Waals surface area contributed by atoms with Gasteiger partial charge < -0.3 is 15.3 Å². The molecular weight excluding hydrogens is 259 g/mol. The number of halogens is 2. The maximum absolute atomic E-state index is 9.77. The van der Waals surface area contributed by atoms with Gasteiger partial charge in [-0.05, 0) is 18.1 Å². The molecular formula is C12H16Cl2N2O. The Morgan fingerprint density at radius 1 is 1.18 bits per heavy atom. The molecule has 2 rings (SSSR count). The van der Waals surface area contributed by atoms with Crippen LogP contribution in [0.15, 0.2) is 12.1 Å². The molecule has 0 radical (unpaired) electrons. The Balaban J connectivity index is 1.96. The highest BCUT2D eigenvalue weighted by molar-refractivity contribution is 6.42. The first-order chi connectivity index (χ1) is 8.16. The summed E-state index contributed by atoms with van der Waals surface area (Å²) < 4.78 is 0. The van der Waals surface area contributed by atoms with Gasteiger partial charge in [0.25, 0.3) is 0 Å². The molecule has 1 aromatic carbocycles. The first-order valence-electron chi connectivity index (χ1n) is 5.77. The number of nitrogens with zero attached hydrogens (tertiary/aromatic N) is 1. The van der Waals surface area contributed by atoms with Gasteiger partial charge in [0.1, 0.15) is 5.75 Å². The van der Waals surface area contributed by atoms with Gasteiger partial charge in [0, 0.05) is 38.8 Å². The summed E-state index contributed by atoms with van der Waals surface area (Å²) in [7, 11) is 0. The van der Waals surface area contributed by atoms with Crippen molar-refractivity contribution in [2.75, 3.05) is 32.7 Å². The van der Waals surface area contributed by atoms with Gasteiger partial charge in [0.05, 0.1) is 10.0 Å². The summed E-state index contributed by atoms with van der Waals surface area (Å²) in [6.07, 6.45) is 0.794. The van der Waals surface area contributed by atoms with Crippen molar-refractivity contribution in [2.45, 2.75) is 6.42 Å². The molecule has 1 saturated heterocycles. The molecule has 5 heteroatoms. The van der Waals surface area contributed by atoms with E-state index in [1.165, 1.54) is 6.07 Å². The fraction of sp³-hybridized carbons (Fsp3) is 0.500. The van der Waals surface area contributed by atoms with Crippen LogP contribution >= 0.6 is 23.2 Å². The Hall–Kier alpha value is -0.480. The van der Waals surface area contributed by atoms with Crippen molar-refractivity contribution in [1.82, 2.24) is 10.2 Å². The maximum atomic E-state index is 9.77. The van der Waals surface area contributed by atoms with E-state index >= 15 is 0 Å². The van der Waals surface area contributed by atoms with Crippen molar-refractivity contribution in [3.8, 4) is 5.75 Å². The Labute approximate surface area is 111 Å². The molecule has 0 aromatic heterocycles. The smallest absolute Gasteiger partial charge is 0.120 e. The third-order valence-corrected chi connectivity index (χ3v) is 3.75. The standard InChI is InChI=1S/C12H16Cl2N2O/c13-10-7-9(12(17)8-11(10)14)1-4-16-5-2-15-3-6-16/h7-8,15,17H,1-6H2. The summed E-state index contributed by atoms with van der Waals surface area (Å²) in [4.78, 5) is 2.37. The van der Waals surface area contributed by atoms with E-state index in [0.717, 1.165) is 44.7 Å². The molecule has 1 aliphatic rings. The molecule has 0 unspecified atom stereocenters. The fourth-order valence-electron chi connectivity index (χ4n) is 1.99. The predicted molar refractivity (Wildman–Crippen MR) is 71.1 cm³/mol. The highest BCUT2D eigenvalue weighted by atomic mass is 35.5. The van der Waals surface area contributed by atoms with Crippen LogP contribution in [0, 0.1) is 0 Å². The van der Waals surface area contributed by atoms with E-state index in [0.29, 0.717) is 10.0 Å². The largest absolute Gasteiger partial charge is 0.508 e. The highest BCUT2D eigenvalue weighted by Gasteiger charge is 2.11. The number of hydrogen-bond donors (Lipinski definition) is 2. The molecule has 94 valence electrons. The number of aromatic hydroxyl groups is 1. The van der Waals surface area contributed by atoms with E-state index in [1.54, 1.807) is 6.07 Å². The topological polar surface area (TPSA) is 35.5 Å². The molecule has 2 N–H and O–H groups in total. The van der Waals surface area contributed by atoms with E-state index in [9.17, 15) is 5.11 Å². The molecule has 1 aliphatic heterocycles. The molecule has 0 bridgehead atoms. The second-order valence-corrected chi connectivity index (χ2v) is 5.05. The molecule has 1 heterocycles. The Morgan fingerprint density at radius 2 is 1.82 bits per heavy atom. The van der Waals surface area contributed by atoms with E-state index < -0.39 is 0 Å². The number of phenols is 1. The number of nitrogens with one attached hydrogen (secondary N) is 1. The lowest BCUT2D eigenvalue weighted by molar-refractivity contribution is 0.243. The minimum absolute atomic E-state index is 0.231. The second kappa shape index (κ2) is 5.91. The maximum Gasteiger partial charge on any atom is 0.120 e. The van der Waals surface area contributed by atoms with Crippen molar-refractivity contribution in [1.29, 1.82) is 0 Å². The van der Waals surface area contributed by atoms with E-state index in [1.807, 2.05) is 0 Å². The van der Waals surface area contributed by atoms with E-state index in [-0.39, 0.29) is 5.75 Å². The fourth-order valence-corrected chi connectivity index (χ4v) is 2.34. The zero-order valence-electron chi connectivity index (χ0n) is 9.55. The summed E-state index contributed by atoms with van der Waals surface area (Å²) >= 11 is 11.8. The van der Waals surface area contributed by atoms with E-state index in [4.69, 9.17) is 23.2 Å². The summed E-state index contributed by atoms with van der Waals surface area (Å²) in [5.41, 5.74) is 0.859. The number of rotatable bonds is 3. The molecule has 0 atom stereocenters. The molecule has 1 aromatic rings. The Morgan fingerprint density at radius 3 is 2.53 bits per heavy atom. The van der Waals surface area contributed by atoms with Gasteiger partial charge in [-0.1, -0.05) is 23.2 Å². The monoisotopic (exact) mass is 274 g/mol. The van der Waals surface area contributed by atoms with Crippen molar-refractivity contribution < 1.29 is 5.11 Å². The van der Waals surface area contributed by atoms with Gasteiger partial charge in [-0.2, -0.15) is 0 Å². The van der Waals surface area contributed by atoms with Crippen molar-refractivity contribution in [3.05, 3.63) is 27.7 Å². The van der Waals surface area contributed by atoms with Gasteiger partial charge in [-0.3, -0.25) is 0 Å². The molecule has 3 nitrogen and oxygen atoms in total. The lowest BCUT2D eigenvalue weighted by Crippen LogP contribution is -2.44. The lowest BCUT2D eigenvalue weighted by Gasteiger charge is -2.27. The molecule has 1 fully saturated rings. The van der Waals surface area contributed by atoms with Crippen LogP contribution in [0.1, 0.15) is 5.56 Å². The van der Waals surface area contributed by atoms with Crippen LogP contribution in [0.4, 0.5) is 0 Å².